The van der Waals surface area contributed by atoms with Crippen molar-refractivity contribution >= 4 is 5.69 Å². The van der Waals surface area contributed by atoms with Gasteiger partial charge in [-0.3, -0.25) is 4.68 Å². The highest BCUT2D eigenvalue weighted by Crippen LogP contribution is 2.26. The van der Waals surface area contributed by atoms with E-state index < -0.39 is 0 Å². The van der Waals surface area contributed by atoms with Crippen molar-refractivity contribution in [2.75, 3.05) is 5.73 Å². The van der Waals surface area contributed by atoms with Gasteiger partial charge in [-0.15, -0.1) is 0 Å². The molecular formula is C12H15N3. The molecule has 0 unspecified atom stereocenters. The molecule has 0 fully saturated rings. The standard InChI is InChI=1S/C12H15N3/c1-3-15-12(6-7-14-15)10-5-4-9(2)8-11(10)13/h4-8H,3,13H2,1-2H3. The molecule has 0 amide bonds. The first kappa shape index (κ1) is 9.77. The molecule has 3 heteroatoms. The molecular weight excluding hydrogens is 186 g/mol. The first-order chi connectivity index (χ1) is 7.22. The number of nitrogens with zero attached hydrogens (tertiary/aromatic N) is 2. The van der Waals surface area contributed by atoms with Crippen molar-refractivity contribution in [1.82, 2.24) is 9.78 Å². The van der Waals surface area contributed by atoms with Gasteiger partial charge >= 0.3 is 0 Å². The smallest absolute Gasteiger partial charge is 0.0702 e. The molecule has 0 aliphatic rings. The second-order valence-electron chi connectivity index (χ2n) is 3.62. The minimum Gasteiger partial charge on any atom is -0.398 e. The number of aryl methyl sites for hydroxylation is 2. The fraction of sp³-hybridized carbons (Fsp3) is 0.250. The van der Waals surface area contributed by atoms with E-state index in [-0.39, 0.29) is 0 Å². The van der Waals surface area contributed by atoms with Crippen molar-refractivity contribution in [3.63, 3.8) is 0 Å². The minimum atomic E-state index is 0.810. The lowest BCUT2D eigenvalue weighted by Crippen LogP contribution is -2.00. The lowest BCUT2D eigenvalue weighted by molar-refractivity contribution is 0.667. The van der Waals surface area contributed by atoms with Crippen LogP contribution >= 0.6 is 0 Å². The summed E-state index contributed by atoms with van der Waals surface area (Å²) in [5.74, 6) is 0. The van der Waals surface area contributed by atoms with Gasteiger partial charge in [-0.25, -0.2) is 0 Å². The molecule has 2 rings (SSSR count). The molecule has 3 nitrogen and oxygen atoms in total. The van der Waals surface area contributed by atoms with Gasteiger partial charge in [-0.05, 0) is 31.5 Å². The van der Waals surface area contributed by atoms with E-state index in [9.17, 15) is 0 Å². The largest absolute Gasteiger partial charge is 0.398 e. The fourth-order valence-electron chi connectivity index (χ4n) is 1.73. The maximum absolute atomic E-state index is 6.00. The topological polar surface area (TPSA) is 43.8 Å². The van der Waals surface area contributed by atoms with Crippen molar-refractivity contribution in [3.05, 3.63) is 36.0 Å². The molecule has 0 saturated carbocycles. The zero-order valence-electron chi connectivity index (χ0n) is 9.07. The van der Waals surface area contributed by atoms with Crippen LogP contribution in [0.3, 0.4) is 0 Å². The molecule has 0 saturated heterocycles. The summed E-state index contributed by atoms with van der Waals surface area (Å²) in [7, 11) is 0. The third-order valence-electron chi connectivity index (χ3n) is 2.50. The van der Waals surface area contributed by atoms with Crippen LogP contribution in [0.15, 0.2) is 30.5 Å². The summed E-state index contributed by atoms with van der Waals surface area (Å²) < 4.78 is 1.95. The quantitative estimate of drug-likeness (QED) is 0.758. The number of nitrogen functional groups attached to an aromatic ring is 1. The van der Waals surface area contributed by atoms with Gasteiger partial charge < -0.3 is 5.73 Å². The number of nitrogens with two attached hydrogens (primary N) is 1. The number of hydrogen-bond acceptors (Lipinski definition) is 2. The summed E-state index contributed by atoms with van der Waals surface area (Å²) in [5.41, 5.74) is 10.1. The van der Waals surface area contributed by atoms with Gasteiger partial charge in [0.1, 0.15) is 0 Å². The van der Waals surface area contributed by atoms with Gasteiger partial charge in [0.25, 0.3) is 0 Å². The Hall–Kier alpha value is -1.77. The Balaban J connectivity index is 2.54. The van der Waals surface area contributed by atoms with Gasteiger partial charge in [-0.1, -0.05) is 12.1 Å². The molecule has 1 aromatic carbocycles. The molecule has 0 atom stereocenters. The summed E-state index contributed by atoms with van der Waals surface area (Å²) in [6, 6.07) is 8.10. The molecule has 1 aromatic heterocycles. The van der Waals surface area contributed by atoms with Gasteiger partial charge in [0.15, 0.2) is 0 Å². The van der Waals surface area contributed by atoms with E-state index in [1.807, 2.05) is 29.8 Å². The average molecular weight is 201 g/mol. The summed E-state index contributed by atoms with van der Waals surface area (Å²) in [5, 5.41) is 4.24. The van der Waals surface area contributed by atoms with Crippen LogP contribution < -0.4 is 5.73 Å². The van der Waals surface area contributed by atoms with Crippen molar-refractivity contribution in [1.29, 1.82) is 0 Å². The Labute approximate surface area is 89.5 Å². The van der Waals surface area contributed by atoms with Crippen LogP contribution in [0.1, 0.15) is 12.5 Å². The maximum Gasteiger partial charge on any atom is 0.0702 e. The summed E-state index contributed by atoms with van der Waals surface area (Å²) in [4.78, 5) is 0. The SMILES string of the molecule is CCn1nccc1-c1ccc(C)cc1N. The van der Waals surface area contributed by atoms with Crippen LogP contribution in [0.2, 0.25) is 0 Å². The summed E-state index contributed by atoms with van der Waals surface area (Å²) >= 11 is 0. The monoisotopic (exact) mass is 201 g/mol. The van der Waals surface area contributed by atoms with E-state index in [1.54, 1.807) is 6.20 Å². The van der Waals surface area contributed by atoms with Crippen molar-refractivity contribution in [2.24, 2.45) is 0 Å². The van der Waals surface area contributed by atoms with Crippen LogP contribution in [0.4, 0.5) is 5.69 Å². The first-order valence-corrected chi connectivity index (χ1v) is 5.10. The summed E-state index contributed by atoms with van der Waals surface area (Å²) in [6.07, 6.45) is 1.80. The molecule has 0 radical (unpaired) electrons. The van der Waals surface area contributed by atoms with Crippen LogP contribution in [0.5, 0.6) is 0 Å². The van der Waals surface area contributed by atoms with Gasteiger partial charge in [0.05, 0.1) is 5.69 Å². The molecule has 1 heterocycles. The van der Waals surface area contributed by atoms with Crippen molar-refractivity contribution < 1.29 is 0 Å². The molecule has 78 valence electrons. The fourth-order valence-corrected chi connectivity index (χ4v) is 1.73. The third kappa shape index (κ3) is 1.73. The zero-order chi connectivity index (χ0) is 10.8. The number of rotatable bonds is 2. The lowest BCUT2D eigenvalue weighted by Gasteiger charge is -2.08. The molecule has 2 N–H and O–H groups in total. The predicted octanol–water partition coefficient (Wildman–Crippen LogP) is 2.46. The van der Waals surface area contributed by atoms with E-state index in [0.717, 1.165) is 23.5 Å². The van der Waals surface area contributed by atoms with E-state index in [1.165, 1.54) is 5.56 Å². The molecule has 15 heavy (non-hydrogen) atoms. The molecule has 0 aliphatic carbocycles. The Morgan fingerprint density at radius 1 is 1.33 bits per heavy atom. The Morgan fingerprint density at radius 2 is 2.13 bits per heavy atom. The van der Waals surface area contributed by atoms with Gasteiger partial charge in [0, 0.05) is 24.0 Å². The second-order valence-corrected chi connectivity index (χ2v) is 3.62. The van der Waals surface area contributed by atoms with E-state index in [0.29, 0.717) is 0 Å². The Kier molecular flexibility index (Phi) is 2.46. The highest BCUT2D eigenvalue weighted by atomic mass is 15.3. The van der Waals surface area contributed by atoms with Crippen LogP contribution in [-0.4, -0.2) is 9.78 Å². The second kappa shape index (κ2) is 3.77. The lowest BCUT2D eigenvalue weighted by atomic mass is 10.1. The molecule has 0 bridgehead atoms. The van der Waals surface area contributed by atoms with Crippen molar-refractivity contribution in [3.8, 4) is 11.3 Å². The van der Waals surface area contributed by atoms with Gasteiger partial charge in [-0.2, -0.15) is 5.10 Å². The number of hydrogen-bond donors (Lipinski definition) is 1. The number of benzene rings is 1. The number of aromatic nitrogens is 2. The highest BCUT2D eigenvalue weighted by molar-refractivity contribution is 5.74. The van der Waals surface area contributed by atoms with Crippen LogP contribution in [0.25, 0.3) is 11.3 Å². The van der Waals surface area contributed by atoms with E-state index in [4.69, 9.17) is 5.73 Å². The Bertz CT molecular complexity index is 471. The van der Waals surface area contributed by atoms with E-state index in [2.05, 4.69) is 18.1 Å². The molecule has 2 aromatic rings. The maximum atomic E-state index is 6.00. The van der Waals surface area contributed by atoms with Crippen molar-refractivity contribution in [2.45, 2.75) is 20.4 Å². The zero-order valence-corrected chi connectivity index (χ0v) is 9.07. The Morgan fingerprint density at radius 3 is 2.80 bits per heavy atom. The summed E-state index contributed by atoms with van der Waals surface area (Å²) in [6.45, 7) is 4.97. The van der Waals surface area contributed by atoms with Crippen LogP contribution in [-0.2, 0) is 6.54 Å². The first-order valence-electron chi connectivity index (χ1n) is 5.10. The van der Waals surface area contributed by atoms with Gasteiger partial charge in [0.2, 0.25) is 0 Å². The molecule has 0 aliphatic heterocycles. The average Bonchev–Trinajstić information content (AvgIpc) is 2.65. The normalized spacial score (nSPS) is 10.5. The van der Waals surface area contributed by atoms with Crippen LogP contribution in [0, 0.1) is 6.92 Å². The molecule has 0 spiro atoms. The minimum absolute atomic E-state index is 0.810. The van der Waals surface area contributed by atoms with E-state index >= 15 is 0 Å². The third-order valence-corrected chi connectivity index (χ3v) is 2.50. The highest BCUT2D eigenvalue weighted by Gasteiger charge is 2.07. The number of anilines is 1. The predicted molar refractivity (Wildman–Crippen MR) is 62.5 cm³/mol.